The Morgan fingerprint density at radius 1 is 0.767 bits per heavy atom. The van der Waals surface area contributed by atoms with E-state index in [9.17, 15) is 33.9 Å². The number of benzene rings is 2. The minimum atomic E-state index is -1.54. The van der Waals surface area contributed by atoms with E-state index in [4.69, 9.17) is 16.6 Å². The zero-order valence-corrected chi connectivity index (χ0v) is 23.1. The molecule has 0 aliphatic carbocycles. The number of hydrogen-bond acceptors (Lipinski definition) is 7. The summed E-state index contributed by atoms with van der Waals surface area (Å²) in [5.41, 5.74) is 13.6. The fourth-order valence-corrected chi connectivity index (χ4v) is 4.45. The molecule has 3 rings (SSSR count). The van der Waals surface area contributed by atoms with Crippen LogP contribution in [-0.4, -0.2) is 74.9 Å². The van der Waals surface area contributed by atoms with Crippen molar-refractivity contribution >= 4 is 46.5 Å². The van der Waals surface area contributed by atoms with Crippen molar-refractivity contribution in [2.45, 2.75) is 56.3 Å². The molecule has 14 heteroatoms. The lowest BCUT2D eigenvalue weighted by atomic mass is 10.0. The predicted octanol–water partition coefficient (Wildman–Crippen LogP) is -0.440. The van der Waals surface area contributed by atoms with Crippen molar-refractivity contribution < 1.29 is 39.0 Å². The van der Waals surface area contributed by atoms with Gasteiger partial charge in [0.2, 0.25) is 23.6 Å². The fourth-order valence-electron chi connectivity index (χ4n) is 4.45. The topological polar surface area (TPSA) is 247 Å². The van der Waals surface area contributed by atoms with Gasteiger partial charge in [0, 0.05) is 29.9 Å². The largest absolute Gasteiger partial charge is 0.481 e. The summed E-state index contributed by atoms with van der Waals surface area (Å²) < 4.78 is 0. The first-order valence-corrected chi connectivity index (χ1v) is 13.4. The van der Waals surface area contributed by atoms with Gasteiger partial charge < -0.3 is 42.6 Å². The van der Waals surface area contributed by atoms with Crippen LogP contribution in [0, 0.1) is 0 Å². The Morgan fingerprint density at radius 3 is 2.02 bits per heavy atom. The highest BCUT2D eigenvalue weighted by Gasteiger charge is 2.31. The molecule has 3 aromatic rings. The molecular weight excluding hydrogens is 560 g/mol. The van der Waals surface area contributed by atoms with E-state index in [1.165, 1.54) is 0 Å². The summed E-state index contributed by atoms with van der Waals surface area (Å²) >= 11 is 0. The van der Waals surface area contributed by atoms with Crippen LogP contribution in [0.4, 0.5) is 0 Å². The molecular formula is C29H34N6O8. The smallest absolute Gasteiger partial charge is 0.326 e. The number of primary amides is 1. The molecule has 14 nitrogen and oxygen atoms in total. The third kappa shape index (κ3) is 9.67. The lowest BCUT2D eigenvalue weighted by molar-refractivity contribution is -0.143. The maximum Gasteiger partial charge on any atom is 0.326 e. The maximum absolute atomic E-state index is 13.2. The number of amides is 4. The average molecular weight is 595 g/mol. The number of aromatic nitrogens is 1. The molecule has 2 aromatic carbocycles. The number of carboxylic acids is 2. The maximum atomic E-state index is 13.2. The summed E-state index contributed by atoms with van der Waals surface area (Å²) in [4.78, 5) is 77.0. The average Bonchev–Trinajstić information content (AvgIpc) is 3.37. The number of aromatic amines is 1. The van der Waals surface area contributed by atoms with E-state index in [1.807, 2.05) is 24.3 Å². The molecule has 0 saturated carbocycles. The summed E-state index contributed by atoms with van der Waals surface area (Å²) in [7, 11) is 0. The van der Waals surface area contributed by atoms with Crippen LogP contribution in [0.5, 0.6) is 0 Å². The van der Waals surface area contributed by atoms with Crippen molar-refractivity contribution in [1.29, 1.82) is 0 Å². The molecule has 0 aliphatic heterocycles. The second-order valence-electron chi connectivity index (χ2n) is 9.98. The van der Waals surface area contributed by atoms with E-state index in [-0.39, 0.29) is 12.8 Å². The molecule has 0 spiro atoms. The van der Waals surface area contributed by atoms with E-state index < -0.39 is 79.0 Å². The van der Waals surface area contributed by atoms with Crippen LogP contribution in [0.3, 0.4) is 0 Å². The molecule has 1 heterocycles. The van der Waals surface area contributed by atoms with Crippen LogP contribution in [0.1, 0.15) is 30.4 Å². The van der Waals surface area contributed by atoms with Gasteiger partial charge >= 0.3 is 11.9 Å². The second kappa shape index (κ2) is 15.1. The number of fused-ring (bicyclic) bond motifs is 1. The van der Waals surface area contributed by atoms with Gasteiger partial charge in [0.1, 0.15) is 18.1 Å². The quantitative estimate of drug-likeness (QED) is 0.107. The summed E-state index contributed by atoms with van der Waals surface area (Å²) in [6.07, 6.45) is 0.146. The third-order valence-corrected chi connectivity index (χ3v) is 6.67. The Kier molecular flexibility index (Phi) is 11.3. The Morgan fingerprint density at radius 2 is 1.37 bits per heavy atom. The number of hydrogen-bond donors (Lipinski definition) is 8. The van der Waals surface area contributed by atoms with Gasteiger partial charge in [-0.05, 0) is 30.0 Å². The van der Waals surface area contributed by atoms with Gasteiger partial charge in [-0.25, -0.2) is 4.79 Å². The van der Waals surface area contributed by atoms with Gasteiger partial charge in [0.25, 0.3) is 0 Å². The molecule has 0 radical (unpaired) electrons. The molecule has 0 unspecified atom stereocenters. The number of carboxylic acid groups (broad SMARTS) is 2. The lowest BCUT2D eigenvalue weighted by Gasteiger charge is -2.24. The summed E-state index contributed by atoms with van der Waals surface area (Å²) in [5, 5.41) is 26.7. The number of nitrogens with one attached hydrogen (secondary N) is 4. The van der Waals surface area contributed by atoms with Gasteiger partial charge in [0.15, 0.2) is 0 Å². The van der Waals surface area contributed by atoms with Gasteiger partial charge in [-0.3, -0.25) is 24.0 Å². The number of nitrogens with two attached hydrogens (primary N) is 2. The number of para-hydroxylation sites is 1. The van der Waals surface area contributed by atoms with Gasteiger partial charge in [0.05, 0.1) is 12.5 Å². The lowest BCUT2D eigenvalue weighted by Crippen LogP contribution is -2.58. The minimum Gasteiger partial charge on any atom is -0.481 e. The van der Waals surface area contributed by atoms with Crippen molar-refractivity contribution in [2.75, 3.05) is 0 Å². The Balaban J connectivity index is 1.71. The molecule has 4 atom stereocenters. The highest BCUT2D eigenvalue weighted by Crippen LogP contribution is 2.19. The van der Waals surface area contributed by atoms with E-state index in [1.54, 1.807) is 36.5 Å². The monoisotopic (exact) mass is 594 g/mol. The molecule has 1 aromatic heterocycles. The van der Waals surface area contributed by atoms with Crippen LogP contribution in [-0.2, 0) is 41.6 Å². The number of rotatable bonds is 16. The Bertz CT molecular complexity index is 1470. The zero-order chi connectivity index (χ0) is 31.5. The summed E-state index contributed by atoms with van der Waals surface area (Å²) in [6, 6.07) is 10.3. The van der Waals surface area contributed by atoms with Crippen LogP contribution in [0.2, 0.25) is 0 Å². The van der Waals surface area contributed by atoms with Crippen LogP contribution < -0.4 is 27.4 Å². The number of H-pyrrole nitrogens is 1. The standard InChI is InChI=1S/C29H34N6O8/c30-19(13-17-15-32-20-9-5-4-8-18(17)20)26(39)34-22(14-24(31)36)28(41)33-21(10-11-25(37)38)27(40)35-23(29(42)43)12-16-6-2-1-3-7-16/h1-9,15,19,21-23,32H,10-14,30H2,(H2,31,36)(H,33,41)(H,34,39)(H,35,40)(H,37,38)(H,42,43)/t19-,21-,22+,23-/m1/s1. The van der Waals surface area contributed by atoms with Crippen LogP contribution in [0.25, 0.3) is 10.9 Å². The van der Waals surface area contributed by atoms with Gasteiger partial charge in [-0.1, -0.05) is 48.5 Å². The minimum absolute atomic E-state index is 0.0732. The number of carbonyl (C=O) groups is 6. The van der Waals surface area contributed by atoms with Gasteiger partial charge in [-0.2, -0.15) is 0 Å². The van der Waals surface area contributed by atoms with Crippen molar-refractivity contribution in [2.24, 2.45) is 11.5 Å². The first-order chi connectivity index (χ1) is 20.4. The molecule has 228 valence electrons. The summed E-state index contributed by atoms with van der Waals surface area (Å²) in [5.74, 6) is -6.29. The normalized spacial score (nSPS) is 13.7. The van der Waals surface area contributed by atoms with Crippen LogP contribution >= 0.6 is 0 Å². The Labute approximate surface area is 246 Å². The molecule has 0 saturated heterocycles. The molecule has 0 bridgehead atoms. The number of aliphatic carboxylic acids is 2. The van der Waals surface area contributed by atoms with E-state index in [0.717, 1.165) is 16.5 Å². The van der Waals surface area contributed by atoms with E-state index >= 15 is 0 Å². The summed E-state index contributed by atoms with van der Waals surface area (Å²) in [6.45, 7) is 0. The first kappa shape index (κ1) is 32.3. The van der Waals surface area contributed by atoms with E-state index in [0.29, 0.717) is 5.56 Å². The van der Waals surface area contributed by atoms with E-state index in [2.05, 4.69) is 20.9 Å². The second-order valence-corrected chi connectivity index (χ2v) is 9.98. The zero-order valence-electron chi connectivity index (χ0n) is 23.1. The third-order valence-electron chi connectivity index (χ3n) is 6.67. The van der Waals surface area contributed by atoms with Crippen molar-refractivity contribution in [3.05, 3.63) is 71.9 Å². The predicted molar refractivity (Wildman–Crippen MR) is 154 cm³/mol. The van der Waals surface area contributed by atoms with Crippen molar-refractivity contribution in [1.82, 2.24) is 20.9 Å². The molecule has 0 aliphatic rings. The van der Waals surface area contributed by atoms with Crippen molar-refractivity contribution in [3.8, 4) is 0 Å². The molecule has 0 fully saturated rings. The highest BCUT2D eigenvalue weighted by molar-refractivity contribution is 5.96. The SMILES string of the molecule is NC(=O)C[C@H](NC(=O)[C@H](N)Cc1c[nH]c2ccccc12)C(=O)N[C@H](CCC(=O)O)C(=O)N[C@H](Cc1ccccc1)C(=O)O. The molecule has 43 heavy (non-hydrogen) atoms. The van der Waals surface area contributed by atoms with Gasteiger partial charge in [-0.15, -0.1) is 0 Å². The Hall–Kier alpha value is -5.24. The van der Waals surface area contributed by atoms with Crippen molar-refractivity contribution in [3.63, 3.8) is 0 Å². The van der Waals surface area contributed by atoms with Crippen LogP contribution in [0.15, 0.2) is 60.8 Å². The first-order valence-electron chi connectivity index (χ1n) is 13.4. The number of carbonyl (C=O) groups excluding carboxylic acids is 4. The fraction of sp³-hybridized carbons (Fsp3) is 0.310. The molecule has 10 N–H and O–H groups in total. The molecule has 4 amide bonds. The highest BCUT2D eigenvalue weighted by atomic mass is 16.4.